The number of hydrogen-bond acceptors (Lipinski definition) is 2. The van der Waals surface area contributed by atoms with Crippen LogP contribution in [-0.2, 0) is 11.3 Å². The zero-order chi connectivity index (χ0) is 15.2. The standard InChI is InChI=1S/C15H12ClF2NOS/c16-11-3-1-2-10(6-11)8-19-15(20)9-21-12-4-5-13(17)14(18)7-12/h1-7H,8-9H2,(H,19,20). The molecular weight excluding hydrogens is 316 g/mol. The van der Waals surface area contributed by atoms with E-state index < -0.39 is 11.6 Å². The van der Waals surface area contributed by atoms with Crippen LogP contribution in [0.1, 0.15) is 5.56 Å². The second-order valence-electron chi connectivity index (χ2n) is 4.27. The Morgan fingerprint density at radius 3 is 2.67 bits per heavy atom. The molecule has 21 heavy (non-hydrogen) atoms. The Morgan fingerprint density at radius 1 is 1.14 bits per heavy atom. The third-order valence-corrected chi connectivity index (χ3v) is 3.87. The van der Waals surface area contributed by atoms with Gasteiger partial charge in [0.2, 0.25) is 5.91 Å². The molecule has 0 bridgehead atoms. The molecule has 2 nitrogen and oxygen atoms in total. The molecule has 0 saturated carbocycles. The molecule has 0 aliphatic carbocycles. The summed E-state index contributed by atoms with van der Waals surface area (Å²) in [4.78, 5) is 12.2. The van der Waals surface area contributed by atoms with Crippen LogP contribution < -0.4 is 5.32 Å². The largest absolute Gasteiger partial charge is 0.351 e. The van der Waals surface area contributed by atoms with Crippen molar-refractivity contribution in [3.05, 3.63) is 64.7 Å². The first-order chi connectivity index (χ1) is 10.0. The maximum absolute atomic E-state index is 13.0. The van der Waals surface area contributed by atoms with Crippen LogP contribution in [0.25, 0.3) is 0 Å². The summed E-state index contributed by atoms with van der Waals surface area (Å²) < 4.78 is 25.8. The molecule has 0 fully saturated rings. The molecule has 0 unspecified atom stereocenters. The molecule has 6 heteroatoms. The molecule has 0 aliphatic heterocycles. The lowest BCUT2D eigenvalue weighted by Crippen LogP contribution is -2.24. The van der Waals surface area contributed by atoms with Crippen molar-refractivity contribution < 1.29 is 13.6 Å². The van der Waals surface area contributed by atoms with Gasteiger partial charge in [-0.1, -0.05) is 23.7 Å². The first-order valence-electron chi connectivity index (χ1n) is 6.13. The van der Waals surface area contributed by atoms with Crippen LogP contribution >= 0.6 is 23.4 Å². The Balaban J connectivity index is 1.80. The van der Waals surface area contributed by atoms with Crippen LogP contribution in [0.15, 0.2) is 47.4 Å². The summed E-state index contributed by atoms with van der Waals surface area (Å²) in [6.45, 7) is 0.373. The van der Waals surface area contributed by atoms with Crippen molar-refractivity contribution in [3.8, 4) is 0 Å². The van der Waals surface area contributed by atoms with Gasteiger partial charge in [-0.05, 0) is 35.9 Å². The van der Waals surface area contributed by atoms with Crippen molar-refractivity contribution in [3.63, 3.8) is 0 Å². The van der Waals surface area contributed by atoms with Gasteiger partial charge in [0.15, 0.2) is 11.6 Å². The van der Waals surface area contributed by atoms with Gasteiger partial charge in [-0.3, -0.25) is 4.79 Å². The minimum atomic E-state index is -0.917. The van der Waals surface area contributed by atoms with Crippen LogP contribution in [0, 0.1) is 11.6 Å². The van der Waals surface area contributed by atoms with Gasteiger partial charge in [-0.15, -0.1) is 11.8 Å². The highest BCUT2D eigenvalue weighted by Crippen LogP contribution is 2.20. The topological polar surface area (TPSA) is 29.1 Å². The fraction of sp³-hybridized carbons (Fsp3) is 0.133. The van der Waals surface area contributed by atoms with Gasteiger partial charge < -0.3 is 5.32 Å². The molecule has 2 rings (SSSR count). The summed E-state index contributed by atoms with van der Waals surface area (Å²) in [5, 5.41) is 3.35. The highest BCUT2D eigenvalue weighted by Gasteiger charge is 2.06. The lowest BCUT2D eigenvalue weighted by Gasteiger charge is -2.06. The third kappa shape index (κ3) is 5.02. The van der Waals surface area contributed by atoms with Gasteiger partial charge in [-0.2, -0.15) is 0 Å². The Labute approximate surface area is 130 Å². The highest BCUT2D eigenvalue weighted by molar-refractivity contribution is 8.00. The number of hydrogen-bond donors (Lipinski definition) is 1. The van der Waals surface area contributed by atoms with E-state index in [1.165, 1.54) is 6.07 Å². The zero-order valence-electron chi connectivity index (χ0n) is 10.9. The average Bonchev–Trinajstić information content (AvgIpc) is 2.46. The van der Waals surface area contributed by atoms with Gasteiger partial charge >= 0.3 is 0 Å². The molecule has 0 heterocycles. The number of nitrogens with one attached hydrogen (secondary N) is 1. The van der Waals surface area contributed by atoms with Crippen molar-refractivity contribution in [2.24, 2.45) is 0 Å². The highest BCUT2D eigenvalue weighted by atomic mass is 35.5. The Morgan fingerprint density at radius 2 is 1.95 bits per heavy atom. The lowest BCUT2D eigenvalue weighted by molar-refractivity contribution is -0.118. The zero-order valence-corrected chi connectivity index (χ0v) is 12.5. The number of carbonyl (C=O) groups excluding carboxylic acids is 1. The van der Waals surface area contributed by atoms with Gasteiger partial charge in [0, 0.05) is 16.5 Å². The summed E-state index contributed by atoms with van der Waals surface area (Å²) in [7, 11) is 0. The van der Waals surface area contributed by atoms with Crippen LogP contribution in [0.4, 0.5) is 8.78 Å². The quantitative estimate of drug-likeness (QED) is 0.840. The number of carbonyl (C=O) groups is 1. The van der Waals surface area contributed by atoms with E-state index in [2.05, 4.69) is 5.32 Å². The monoisotopic (exact) mass is 327 g/mol. The maximum Gasteiger partial charge on any atom is 0.230 e. The van der Waals surface area contributed by atoms with Gasteiger partial charge in [0.1, 0.15) is 0 Å². The second-order valence-corrected chi connectivity index (χ2v) is 5.76. The Hall–Kier alpha value is -1.59. The van der Waals surface area contributed by atoms with Crippen molar-refractivity contribution in [2.45, 2.75) is 11.4 Å². The summed E-state index contributed by atoms with van der Waals surface area (Å²) in [5.41, 5.74) is 0.897. The van der Waals surface area contributed by atoms with E-state index >= 15 is 0 Å². The SMILES string of the molecule is O=C(CSc1ccc(F)c(F)c1)NCc1cccc(Cl)c1. The van der Waals surface area contributed by atoms with Crippen LogP contribution in [0.2, 0.25) is 5.02 Å². The van der Waals surface area contributed by atoms with Crippen molar-refractivity contribution in [1.82, 2.24) is 5.32 Å². The van der Waals surface area contributed by atoms with Gasteiger partial charge in [-0.25, -0.2) is 8.78 Å². The second kappa shape index (κ2) is 7.43. The molecule has 0 aliphatic rings. The van der Waals surface area contributed by atoms with Crippen molar-refractivity contribution >= 4 is 29.3 Å². The number of benzene rings is 2. The van der Waals surface area contributed by atoms with E-state index in [9.17, 15) is 13.6 Å². The van der Waals surface area contributed by atoms with Crippen molar-refractivity contribution in [2.75, 3.05) is 5.75 Å². The third-order valence-electron chi connectivity index (χ3n) is 2.64. The molecular formula is C15H12ClF2NOS. The fourth-order valence-corrected chi connectivity index (χ4v) is 2.58. The van der Waals surface area contributed by atoms with Crippen LogP contribution in [-0.4, -0.2) is 11.7 Å². The number of amides is 1. The van der Waals surface area contributed by atoms with E-state index in [0.29, 0.717) is 16.5 Å². The van der Waals surface area contributed by atoms with E-state index in [1.807, 2.05) is 6.07 Å². The molecule has 1 amide bonds. The minimum absolute atomic E-state index is 0.131. The molecule has 0 spiro atoms. The van der Waals surface area contributed by atoms with Gasteiger partial charge in [0.05, 0.1) is 5.75 Å². The molecule has 0 saturated heterocycles. The fourth-order valence-electron chi connectivity index (χ4n) is 1.61. The minimum Gasteiger partial charge on any atom is -0.351 e. The molecule has 1 N–H and O–H groups in total. The van der Waals surface area contributed by atoms with Crippen LogP contribution in [0.3, 0.4) is 0 Å². The molecule has 0 radical (unpaired) electrons. The summed E-state index contributed by atoms with van der Waals surface area (Å²) >= 11 is 6.99. The average molecular weight is 328 g/mol. The normalized spacial score (nSPS) is 10.4. The van der Waals surface area contributed by atoms with E-state index in [-0.39, 0.29) is 11.7 Å². The smallest absolute Gasteiger partial charge is 0.230 e. The Bertz CT molecular complexity index is 651. The number of thioether (sulfide) groups is 1. The predicted molar refractivity (Wildman–Crippen MR) is 80.4 cm³/mol. The summed E-state index contributed by atoms with van der Waals surface area (Å²) in [6, 6.07) is 10.7. The first-order valence-corrected chi connectivity index (χ1v) is 7.50. The summed E-state index contributed by atoms with van der Waals surface area (Å²) in [5.74, 6) is -1.88. The van der Waals surface area contributed by atoms with E-state index in [1.54, 1.807) is 18.2 Å². The number of rotatable bonds is 5. The lowest BCUT2D eigenvalue weighted by atomic mass is 10.2. The summed E-state index contributed by atoms with van der Waals surface area (Å²) in [6.07, 6.45) is 0. The predicted octanol–water partition coefficient (Wildman–Crippen LogP) is 4.03. The molecule has 0 aromatic heterocycles. The maximum atomic E-state index is 13.0. The van der Waals surface area contributed by atoms with Crippen molar-refractivity contribution in [1.29, 1.82) is 0 Å². The van der Waals surface area contributed by atoms with E-state index in [4.69, 9.17) is 11.6 Å². The number of halogens is 3. The molecule has 2 aromatic rings. The molecule has 2 aromatic carbocycles. The van der Waals surface area contributed by atoms with Gasteiger partial charge in [0.25, 0.3) is 0 Å². The molecule has 0 atom stereocenters. The van der Waals surface area contributed by atoms with Crippen LogP contribution in [0.5, 0.6) is 0 Å². The van der Waals surface area contributed by atoms with E-state index in [0.717, 1.165) is 29.5 Å². The first kappa shape index (κ1) is 15.8. The molecule has 110 valence electrons. The Kier molecular flexibility index (Phi) is 5.59.